The Kier molecular flexibility index (Phi) is 4.65. The average molecular weight is 349 g/mol. The summed E-state index contributed by atoms with van der Waals surface area (Å²) in [5, 5.41) is 21.9. The van der Waals surface area contributed by atoms with Gasteiger partial charge in [0.15, 0.2) is 0 Å². The molecule has 0 spiro atoms. The van der Waals surface area contributed by atoms with Gasteiger partial charge in [0.05, 0.1) is 19.7 Å². The zero-order valence-corrected chi connectivity index (χ0v) is 14.7. The first-order chi connectivity index (χ1) is 12.4. The maximum Gasteiger partial charge on any atom is 0.259 e. The summed E-state index contributed by atoms with van der Waals surface area (Å²) in [6.45, 7) is 0. The topological polar surface area (TPSA) is 69.6 Å². The number of quaternary nitrogens is 1. The molecule has 3 aromatic rings. The van der Waals surface area contributed by atoms with E-state index < -0.39 is 5.91 Å². The van der Waals surface area contributed by atoms with Crippen LogP contribution in [0.2, 0.25) is 0 Å². The zero-order chi connectivity index (χ0) is 18.7. The average Bonchev–Trinajstić information content (AvgIpc) is 2.63. The first-order valence-electron chi connectivity index (χ1n) is 8.21. The van der Waals surface area contributed by atoms with Crippen LogP contribution >= 0.6 is 0 Å². The summed E-state index contributed by atoms with van der Waals surface area (Å²) >= 11 is 0. The molecule has 1 amide bonds. The minimum Gasteiger partial charge on any atom is -0.508 e. The van der Waals surface area contributed by atoms with E-state index in [0.29, 0.717) is 10.2 Å². The Balaban J connectivity index is 1.78. The smallest absolute Gasteiger partial charge is 0.259 e. The van der Waals surface area contributed by atoms with Crippen molar-refractivity contribution in [1.82, 2.24) is 4.48 Å². The van der Waals surface area contributed by atoms with Crippen LogP contribution in [0, 0.1) is 0 Å². The van der Waals surface area contributed by atoms with E-state index in [0.717, 1.165) is 17.4 Å². The van der Waals surface area contributed by atoms with E-state index in [1.807, 2.05) is 42.5 Å². The molecular weight excluding hydrogens is 328 g/mol. The van der Waals surface area contributed by atoms with Crippen molar-refractivity contribution in [3.05, 3.63) is 78.4 Å². The molecular formula is C21H21N2O3+. The summed E-state index contributed by atoms with van der Waals surface area (Å²) in [5.41, 5.74) is 2.95. The number of aromatic hydroxyl groups is 2. The van der Waals surface area contributed by atoms with Crippen LogP contribution in [0.5, 0.6) is 11.5 Å². The van der Waals surface area contributed by atoms with Crippen LogP contribution in [-0.2, 0) is 0 Å². The normalized spacial score (nSPS) is 11.2. The number of anilines is 1. The van der Waals surface area contributed by atoms with E-state index in [2.05, 4.69) is 31.5 Å². The van der Waals surface area contributed by atoms with Gasteiger partial charge >= 0.3 is 0 Å². The summed E-state index contributed by atoms with van der Waals surface area (Å²) in [6.07, 6.45) is 0. The molecule has 0 fully saturated rings. The van der Waals surface area contributed by atoms with Gasteiger partial charge in [-0.05, 0) is 36.4 Å². The number of carbonyl (C=O) groups excluding carboxylic acids is 1. The minimum atomic E-state index is -0.438. The van der Waals surface area contributed by atoms with Gasteiger partial charge in [-0.3, -0.25) is 9.28 Å². The maximum absolute atomic E-state index is 12.3. The Morgan fingerprint density at radius 1 is 0.846 bits per heavy atom. The van der Waals surface area contributed by atoms with Crippen LogP contribution in [0.15, 0.2) is 72.8 Å². The molecule has 26 heavy (non-hydrogen) atoms. The van der Waals surface area contributed by atoms with Crippen LogP contribution in [0.3, 0.4) is 0 Å². The third-order valence-corrected chi connectivity index (χ3v) is 4.40. The van der Waals surface area contributed by atoms with Gasteiger partial charge in [-0.2, -0.15) is 0 Å². The van der Waals surface area contributed by atoms with Crippen molar-refractivity contribution < 1.29 is 15.0 Å². The minimum absolute atomic E-state index is 0.0932. The molecule has 0 atom stereocenters. The highest BCUT2D eigenvalue weighted by Gasteiger charge is 2.22. The number of hydrogen-bond donors (Lipinski definition) is 3. The lowest BCUT2D eigenvalue weighted by Gasteiger charge is -2.28. The largest absolute Gasteiger partial charge is 0.508 e. The number of nitrogens with one attached hydrogen (secondary N) is 1. The predicted molar refractivity (Wildman–Crippen MR) is 104 cm³/mol. The molecule has 0 radical (unpaired) electrons. The van der Waals surface area contributed by atoms with Gasteiger partial charge in [-0.1, -0.05) is 18.2 Å². The van der Waals surface area contributed by atoms with E-state index >= 15 is 0 Å². The van der Waals surface area contributed by atoms with E-state index in [4.69, 9.17) is 0 Å². The van der Waals surface area contributed by atoms with Gasteiger partial charge < -0.3 is 15.5 Å². The Labute approximate surface area is 152 Å². The van der Waals surface area contributed by atoms with Gasteiger partial charge in [0, 0.05) is 23.9 Å². The zero-order valence-electron chi connectivity index (χ0n) is 14.7. The van der Waals surface area contributed by atoms with Crippen LogP contribution in [0.4, 0.5) is 17.1 Å². The van der Waals surface area contributed by atoms with Gasteiger partial charge in [0.2, 0.25) is 0 Å². The number of carbonyl (C=O) groups is 1. The Bertz CT molecular complexity index is 920. The molecule has 0 saturated heterocycles. The molecule has 0 unspecified atom stereocenters. The molecule has 3 N–H and O–H groups in total. The molecule has 3 rings (SSSR count). The third-order valence-electron chi connectivity index (χ3n) is 4.40. The summed E-state index contributed by atoms with van der Waals surface area (Å²) in [4.78, 5) is 12.3. The summed E-state index contributed by atoms with van der Waals surface area (Å²) in [6, 6.07) is 21.6. The van der Waals surface area contributed by atoms with Crippen molar-refractivity contribution in [2.45, 2.75) is 0 Å². The molecule has 0 aliphatic carbocycles. The first-order valence-corrected chi connectivity index (χ1v) is 8.21. The molecule has 132 valence electrons. The molecule has 3 aromatic carbocycles. The number of amides is 1. The molecule has 5 nitrogen and oxygen atoms in total. The van der Waals surface area contributed by atoms with Gasteiger partial charge in [0.1, 0.15) is 22.9 Å². The predicted octanol–water partition coefficient (Wildman–Crippen LogP) is 4.25. The third kappa shape index (κ3) is 3.53. The Morgan fingerprint density at radius 3 is 2.08 bits per heavy atom. The molecule has 0 aliphatic heterocycles. The second-order valence-electron chi connectivity index (χ2n) is 6.49. The van der Waals surface area contributed by atoms with Crippen LogP contribution in [0.1, 0.15) is 10.4 Å². The van der Waals surface area contributed by atoms with E-state index in [1.54, 1.807) is 0 Å². The molecule has 0 saturated carbocycles. The van der Waals surface area contributed by atoms with Crippen LogP contribution in [-0.4, -0.2) is 30.2 Å². The van der Waals surface area contributed by atoms with E-state index in [9.17, 15) is 15.0 Å². The fraction of sp³-hybridized carbons (Fsp3) is 0.0952. The number of nitrogens with zero attached hydrogens (tertiary/aromatic N) is 1. The van der Waals surface area contributed by atoms with Crippen molar-refractivity contribution in [3.63, 3.8) is 0 Å². The number of hydrogen-bond acceptors (Lipinski definition) is 3. The lowest BCUT2D eigenvalue weighted by atomic mass is 10.1. The second-order valence-corrected chi connectivity index (χ2v) is 6.49. The number of rotatable bonds is 4. The Hall–Kier alpha value is -3.31. The lowest BCUT2D eigenvalue weighted by Crippen LogP contribution is -2.34. The monoisotopic (exact) mass is 349 g/mol. The summed E-state index contributed by atoms with van der Waals surface area (Å²) in [5.74, 6) is -0.794. The molecule has 0 aromatic heterocycles. The lowest BCUT2D eigenvalue weighted by molar-refractivity contribution is 0.102. The van der Waals surface area contributed by atoms with Crippen molar-refractivity contribution in [3.8, 4) is 11.5 Å². The highest BCUT2D eigenvalue weighted by Crippen LogP contribution is 2.31. The highest BCUT2D eigenvalue weighted by atomic mass is 16.3. The Morgan fingerprint density at radius 2 is 1.46 bits per heavy atom. The first kappa shape index (κ1) is 17.5. The summed E-state index contributed by atoms with van der Waals surface area (Å²) in [7, 11) is 4.19. The van der Waals surface area contributed by atoms with Crippen molar-refractivity contribution in [1.29, 1.82) is 0 Å². The second kappa shape index (κ2) is 6.90. The number of phenolic OH excluding ortho intramolecular Hbond substituents is 2. The van der Waals surface area contributed by atoms with Crippen molar-refractivity contribution in [2.75, 3.05) is 19.4 Å². The SMILES string of the molecule is C[N+](C)(c1ccccc1)c1ccc(NC(=O)c2ccc(O)cc2O)cc1. The molecule has 5 heteroatoms. The quantitative estimate of drug-likeness (QED) is 0.617. The molecule has 0 heterocycles. The van der Waals surface area contributed by atoms with Crippen LogP contribution in [0.25, 0.3) is 0 Å². The molecule has 0 aliphatic rings. The van der Waals surface area contributed by atoms with Crippen LogP contribution < -0.4 is 9.80 Å². The molecule has 0 bridgehead atoms. The highest BCUT2D eigenvalue weighted by molar-refractivity contribution is 6.06. The number of phenols is 2. The van der Waals surface area contributed by atoms with Gasteiger partial charge in [-0.25, -0.2) is 0 Å². The number of para-hydroxylation sites is 1. The number of benzene rings is 3. The summed E-state index contributed by atoms with van der Waals surface area (Å²) < 4.78 is 0.577. The van der Waals surface area contributed by atoms with Crippen molar-refractivity contribution in [2.24, 2.45) is 0 Å². The van der Waals surface area contributed by atoms with E-state index in [-0.39, 0.29) is 17.1 Å². The van der Waals surface area contributed by atoms with Gasteiger partial charge in [-0.15, -0.1) is 0 Å². The standard InChI is InChI=1S/C21H20N2O3/c1-23(2,16-6-4-3-5-7-16)17-10-8-15(9-11-17)22-21(26)19-13-12-18(24)14-20(19)25/h3-14H,1-2H3,(H2-,22,24,25,26)/p+1. The fourth-order valence-corrected chi connectivity index (χ4v) is 2.78. The van der Waals surface area contributed by atoms with Gasteiger partial charge in [0.25, 0.3) is 5.91 Å². The fourth-order valence-electron chi connectivity index (χ4n) is 2.78. The van der Waals surface area contributed by atoms with E-state index in [1.165, 1.54) is 12.1 Å². The maximum atomic E-state index is 12.3. The van der Waals surface area contributed by atoms with Crippen molar-refractivity contribution >= 4 is 23.0 Å².